The van der Waals surface area contributed by atoms with Crippen LogP contribution in [0.5, 0.6) is 0 Å². The van der Waals surface area contributed by atoms with E-state index in [1.165, 1.54) is 12.8 Å². The monoisotopic (exact) mass is 223 g/mol. The number of imidazole rings is 1. The summed E-state index contributed by atoms with van der Waals surface area (Å²) in [4.78, 5) is 11.7. The SMILES string of the molecule is CCCNC(Cn1ccn(C)c1=O)C1CC1. The van der Waals surface area contributed by atoms with E-state index in [0.29, 0.717) is 6.04 Å². The standard InChI is InChI=1S/C12H21N3O/c1-3-6-13-11(10-4-5-10)9-15-8-7-14(2)12(15)16/h7-8,10-11,13H,3-6,9H2,1-2H3. The van der Waals surface area contributed by atoms with Gasteiger partial charge in [0.05, 0.1) is 0 Å². The van der Waals surface area contributed by atoms with E-state index < -0.39 is 0 Å². The zero-order valence-corrected chi connectivity index (χ0v) is 10.1. The number of nitrogens with one attached hydrogen (secondary N) is 1. The molecule has 90 valence electrons. The van der Waals surface area contributed by atoms with E-state index in [4.69, 9.17) is 0 Å². The van der Waals surface area contributed by atoms with Gasteiger partial charge < -0.3 is 9.88 Å². The van der Waals surface area contributed by atoms with Gasteiger partial charge in [-0.1, -0.05) is 6.92 Å². The Bertz CT molecular complexity index is 389. The van der Waals surface area contributed by atoms with Gasteiger partial charge in [0.15, 0.2) is 0 Å². The highest BCUT2D eigenvalue weighted by molar-refractivity contribution is 4.89. The third kappa shape index (κ3) is 2.55. The summed E-state index contributed by atoms with van der Waals surface area (Å²) in [5.74, 6) is 0.777. The molecule has 1 aromatic rings. The van der Waals surface area contributed by atoms with Crippen molar-refractivity contribution in [3.05, 3.63) is 22.9 Å². The van der Waals surface area contributed by atoms with Crippen molar-refractivity contribution < 1.29 is 0 Å². The lowest BCUT2D eigenvalue weighted by atomic mass is 10.2. The second-order valence-electron chi connectivity index (χ2n) is 4.74. The summed E-state index contributed by atoms with van der Waals surface area (Å²) < 4.78 is 3.44. The van der Waals surface area contributed by atoms with Crippen molar-refractivity contribution in [2.75, 3.05) is 6.54 Å². The average molecular weight is 223 g/mol. The first kappa shape index (κ1) is 11.5. The maximum absolute atomic E-state index is 11.7. The van der Waals surface area contributed by atoms with Crippen LogP contribution in [0.3, 0.4) is 0 Å². The minimum atomic E-state index is 0.0870. The van der Waals surface area contributed by atoms with Crippen LogP contribution >= 0.6 is 0 Å². The molecule has 1 aliphatic carbocycles. The Morgan fingerprint density at radius 3 is 2.75 bits per heavy atom. The van der Waals surface area contributed by atoms with E-state index in [9.17, 15) is 4.79 Å². The Morgan fingerprint density at radius 1 is 1.50 bits per heavy atom. The topological polar surface area (TPSA) is 39.0 Å². The van der Waals surface area contributed by atoms with Gasteiger partial charge in [0, 0.05) is 32.0 Å². The van der Waals surface area contributed by atoms with E-state index in [2.05, 4.69) is 12.2 Å². The third-order valence-electron chi connectivity index (χ3n) is 3.26. The predicted molar refractivity (Wildman–Crippen MR) is 64.5 cm³/mol. The van der Waals surface area contributed by atoms with Crippen LogP contribution in [0.1, 0.15) is 26.2 Å². The van der Waals surface area contributed by atoms with Crippen LogP contribution in [-0.2, 0) is 13.6 Å². The number of nitrogens with zero attached hydrogens (tertiary/aromatic N) is 2. The summed E-state index contributed by atoms with van der Waals surface area (Å²) in [5, 5.41) is 3.55. The van der Waals surface area contributed by atoms with Gasteiger partial charge in [-0.15, -0.1) is 0 Å². The summed E-state index contributed by atoms with van der Waals surface area (Å²) in [5.41, 5.74) is 0.0870. The minimum absolute atomic E-state index is 0.0870. The Kier molecular flexibility index (Phi) is 3.49. The maximum Gasteiger partial charge on any atom is 0.327 e. The van der Waals surface area contributed by atoms with Crippen molar-refractivity contribution in [1.82, 2.24) is 14.5 Å². The van der Waals surface area contributed by atoms with E-state index >= 15 is 0 Å². The average Bonchev–Trinajstić information content (AvgIpc) is 3.06. The molecule has 1 saturated carbocycles. The van der Waals surface area contributed by atoms with Gasteiger partial charge in [-0.3, -0.25) is 4.57 Å². The van der Waals surface area contributed by atoms with Crippen LogP contribution in [0.2, 0.25) is 0 Å². The van der Waals surface area contributed by atoms with Gasteiger partial charge in [-0.2, -0.15) is 0 Å². The molecule has 0 radical (unpaired) electrons. The molecule has 4 heteroatoms. The number of aromatic nitrogens is 2. The molecule has 1 N–H and O–H groups in total. The molecular weight excluding hydrogens is 202 g/mol. The second-order valence-corrected chi connectivity index (χ2v) is 4.74. The molecule has 0 spiro atoms. The van der Waals surface area contributed by atoms with E-state index in [-0.39, 0.29) is 5.69 Å². The molecule has 16 heavy (non-hydrogen) atoms. The zero-order valence-electron chi connectivity index (χ0n) is 10.1. The van der Waals surface area contributed by atoms with Crippen LogP contribution in [0.4, 0.5) is 0 Å². The smallest absolute Gasteiger partial charge is 0.312 e. The predicted octanol–water partition coefficient (Wildman–Crippen LogP) is 0.965. The van der Waals surface area contributed by atoms with Crippen molar-refractivity contribution in [3.8, 4) is 0 Å². The minimum Gasteiger partial charge on any atom is -0.312 e. The molecule has 0 amide bonds. The summed E-state index contributed by atoms with van der Waals surface area (Å²) in [6.07, 6.45) is 7.47. The fourth-order valence-corrected chi connectivity index (χ4v) is 2.07. The third-order valence-corrected chi connectivity index (χ3v) is 3.26. The molecule has 0 aromatic carbocycles. The lowest BCUT2D eigenvalue weighted by Gasteiger charge is -2.17. The summed E-state index contributed by atoms with van der Waals surface area (Å²) in [6, 6.07) is 0.472. The summed E-state index contributed by atoms with van der Waals surface area (Å²) >= 11 is 0. The summed E-state index contributed by atoms with van der Waals surface area (Å²) in [6.45, 7) is 4.03. The van der Waals surface area contributed by atoms with Crippen LogP contribution < -0.4 is 11.0 Å². The first-order valence-corrected chi connectivity index (χ1v) is 6.17. The highest BCUT2D eigenvalue weighted by Gasteiger charge is 2.31. The first-order valence-electron chi connectivity index (χ1n) is 6.17. The van der Waals surface area contributed by atoms with Gasteiger partial charge in [0.1, 0.15) is 0 Å². The lowest BCUT2D eigenvalue weighted by molar-refractivity contribution is 0.401. The fraction of sp³-hybridized carbons (Fsp3) is 0.750. The van der Waals surface area contributed by atoms with Gasteiger partial charge in [-0.05, 0) is 31.7 Å². The molecule has 0 aliphatic heterocycles. The molecule has 0 saturated heterocycles. The first-order chi connectivity index (χ1) is 7.72. The molecule has 1 unspecified atom stereocenters. The number of hydrogen-bond donors (Lipinski definition) is 1. The Hall–Kier alpha value is -1.03. The van der Waals surface area contributed by atoms with Crippen LogP contribution in [-0.4, -0.2) is 21.7 Å². The van der Waals surface area contributed by atoms with Gasteiger partial charge in [0.2, 0.25) is 0 Å². The molecule has 1 atom stereocenters. The lowest BCUT2D eigenvalue weighted by Crippen LogP contribution is -2.38. The van der Waals surface area contributed by atoms with Crippen molar-refractivity contribution in [3.63, 3.8) is 0 Å². The van der Waals surface area contributed by atoms with E-state index in [1.54, 1.807) is 11.6 Å². The van der Waals surface area contributed by atoms with Crippen molar-refractivity contribution >= 4 is 0 Å². The van der Waals surface area contributed by atoms with Crippen molar-refractivity contribution in [2.45, 2.75) is 38.8 Å². The van der Waals surface area contributed by atoms with Crippen LogP contribution in [0, 0.1) is 5.92 Å². The quantitative estimate of drug-likeness (QED) is 0.780. The largest absolute Gasteiger partial charge is 0.327 e. The second kappa shape index (κ2) is 4.87. The Balaban J connectivity index is 1.99. The number of rotatable bonds is 6. The van der Waals surface area contributed by atoms with Crippen LogP contribution in [0.25, 0.3) is 0 Å². The highest BCUT2D eigenvalue weighted by atomic mass is 16.1. The Labute approximate surface area is 96.3 Å². The molecule has 1 aromatic heterocycles. The Morgan fingerprint density at radius 2 is 2.25 bits per heavy atom. The molecule has 2 rings (SSSR count). The molecule has 0 bridgehead atoms. The normalized spacial score (nSPS) is 17.6. The van der Waals surface area contributed by atoms with E-state index in [1.807, 2.05) is 17.0 Å². The van der Waals surface area contributed by atoms with Gasteiger partial charge in [-0.25, -0.2) is 4.79 Å². The van der Waals surface area contributed by atoms with Crippen LogP contribution in [0.15, 0.2) is 17.2 Å². The number of aryl methyl sites for hydroxylation is 1. The molecule has 1 heterocycles. The van der Waals surface area contributed by atoms with Crippen molar-refractivity contribution in [2.24, 2.45) is 13.0 Å². The highest BCUT2D eigenvalue weighted by Crippen LogP contribution is 2.33. The molecule has 1 fully saturated rings. The van der Waals surface area contributed by atoms with E-state index in [0.717, 1.165) is 25.4 Å². The van der Waals surface area contributed by atoms with Crippen molar-refractivity contribution in [1.29, 1.82) is 0 Å². The van der Waals surface area contributed by atoms with Gasteiger partial charge >= 0.3 is 5.69 Å². The molecular formula is C12H21N3O. The summed E-state index contributed by atoms with van der Waals surface area (Å²) in [7, 11) is 1.80. The zero-order chi connectivity index (χ0) is 11.5. The number of hydrogen-bond acceptors (Lipinski definition) is 2. The van der Waals surface area contributed by atoms with Gasteiger partial charge in [0.25, 0.3) is 0 Å². The molecule has 4 nitrogen and oxygen atoms in total. The maximum atomic E-state index is 11.7. The fourth-order valence-electron chi connectivity index (χ4n) is 2.07. The molecule has 1 aliphatic rings.